The van der Waals surface area contributed by atoms with Crippen molar-refractivity contribution < 1.29 is 9.53 Å². The van der Waals surface area contributed by atoms with E-state index in [1.165, 1.54) is 0 Å². The second-order valence-electron chi connectivity index (χ2n) is 4.55. The lowest BCUT2D eigenvalue weighted by molar-refractivity contribution is 0.103. The smallest absolute Gasteiger partial charge is 0.214 e. The number of para-hydroxylation sites is 1. The fourth-order valence-corrected chi connectivity index (χ4v) is 2.28. The van der Waals surface area contributed by atoms with Gasteiger partial charge in [-0.3, -0.25) is 9.48 Å². The third-order valence-electron chi connectivity index (χ3n) is 3.30. The van der Waals surface area contributed by atoms with Crippen LogP contribution in [0, 0.1) is 0 Å². The predicted octanol–water partition coefficient (Wildman–Crippen LogP) is 2.81. The number of ketones is 1. The van der Waals surface area contributed by atoms with Gasteiger partial charge in [-0.1, -0.05) is 30.3 Å². The lowest BCUT2D eigenvalue weighted by Crippen LogP contribution is -2.04. The van der Waals surface area contributed by atoms with Gasteiger partial charge in [-0.25, -0.2) is 0 Å². The molecule has 0 bridgehead atoms. The highest BCUT2D eigenvalue weighted by atomic mass is 16.5. The SMILES string of the molecule is COc1cccc(C(=O)c2nn(C)c3ccccc23)c1. The number of benzene rings is 2. The zero-order chi connectivity index (χ0) is 14.1. The summed E-state index contributed by atoms with van der Waals surface area (Å²) in [5.74, 6) is 0.566. The number of aromatic nitrogens is 2. The van der Waals surface area contributed by atoms with E-state index in [2.05, 4.69) is 5.10 Å². The van der Waals surface area contributed by atoms with Gasteiger partial charge >= 0.3 is 0 Å². The number of carbonyl (C=O) groups excluding carboxylic acids is 1. The van der Waals surface area contributed by atoms with Gasteiger partial charge in [0.1, 0.15) is 11.4 Å². The molecule has 4 heteroatoms. The highest BCUT2D eigenvalue weighted by molar-refractivity contribution is 6.14. The van der Waals surface area contributed by atoms with Gasteiger partial charge in [-0.15, -0.1) is 0 Å². The molecule has 0 unspecified atom stereocenters. The van der Waals surface area contributed by atoms with Gasteiger partial charge in [-0.2, -0.15) is 5.10 Å². The standard InChI is InChI=1S/C16H14N2O2/c1-18-14-9-4-3-8-13(14)15(17-18)16(19)11-6-5-7-12(10-11)20-2/h3-10H,1-2H3. The molecular weight excluding hydrogens is 252 g/mol. The van der Waals surface area contributed by atoms with Crippen molar-refractivity contribution in [1.29, 1.82) is 0 Å². The molecule has 20 heavy (non-hydrogen) atoms. The number of aryl methyl sites for hydroxylation is 1. The lowest BCUT2D eigenvalue weighted by Gasteiger charge is -2.02. The summed E-state index contributed by atoms with van der Waals surface area (Å²) in [5, 5.41) is 5.21. The molecule has 0 N–H and O–H groups in total. The van der Waals surface area contributed by atoms with Gasteiger partial charge in [0.25, 0.3) is 0 Å². The first-order chi connectivity index (χ1) is 9.70. The number of rotatable bonds is 3. The van der Waals surface area contributed by atoms with Gasteiger partial charge in [-0.05, 0) is 18.2 Å². The van der Waals surface area contributed by atoms with Crippen LogP contribution >= 0.6 is 0 Å². The van der Waals surface area contributed by atoms with Crippen molar-refractivity contribution in [2.75, 3.05) is 7.11 Å². The van der Waals surface area contributed by atoms with Crippen LogP contribution in [0.5, 0.6) is 5.75 Å². The maximum absolute atomic E-state index is 12.6. The molecule has 0 amide bonds. The highest BCUT2D eigenvalue weighted by Crippen LogP contribution is 2.22. The number of carbonyl (C=O) groups is 1. The van der Waals surface area contributed by atoms with Crippen LogP contribution in [0.25, 0.3) is 10.9 Å². The molecule has 1 heterocycles. The first-order valence-electron chi connectivity index (χ1n) is 6.31. The van der Waals surface area contributed by atoms with Gasteiger partial charge in [0.05, 0.1) is 12.6 Å². The normalized spacial score (nSPS) is 10.7. The number of nitrogens with zero attached hydrogens (tertiary/aromatic N) is 2. The van der Waals surface area contributed by atoms with Gasteiger partial charge in [0.2, 0.25) is 5.78 Å². The molecule has 3 rings (SSSR count). The molecule has 0 radical (unpaired) electrons. The zero-order valence-corrected chi connectivity index (χ0v) is 11.3. The van der Waals surface area contributed by atoms with Gasteiger partial charge in [0, 0.05) is 18.0 Å². The monoisotopic (exact) mass is 266 g/mol. The van der Waals surface area contributed by atoms with Crippen molar-refractivity contribution in [2.45, 2.75) is 0 Å². The van der Waals surface area contributed by atoms with Crippen LogP contribution in [0.3, 0.4) is 0 Å². The molecule has 100 valence electrons. The Labute approximate surface area is 116 Å². The van der Waals surface area contributed by atoms with Gasteiger partial charge < -0.3 is 4.74 Å². The summed E-state index contributed by atoms with van der Waals surface area (Å²) < 4.78 is 6.88. The number of ether oxygens (including phenoxy) is 1. The third-order valence-corrected chi connectivity index (χ3v) is 3.30. The van der Waals surface area contributed by atoms with E-state index in [1.54, 1.807) is 30.0 Å². The molecule has 0 aliphatic heterocycles. The second-order valence-corrected chi connectivity index (χ2v) is 4.55. The van der Waals surface area contributed by atoms with Crippen LogP contribution in [0.2, 0.25) is 0 Å². The first-order valence-corrected chi connectivity index (χ1v) is 6.31. The van der Waals surface area contributed by atoms with Crippen molar-refractivity contribution >= 4 is 16.7 Å². The molecule has 0 saturated carbocycles. The maximum Gasteiger partial charge on any atom is 0.214 e. The Balaban J connectivity index is 2.13. The molecule has 0 aliphatic rings. The van der Waals surface area contributed by atoms with E-state index in [0.29, 0.717) is 17.0 Å². The summed E-state index contributed by atoms with van der Waals surface area (Å²) in [6.45, 7) is 0. The molecule has 3 aromatic rings. The fourth-order valence-electron chi connectivity index (χ4n) is 2.28. The number of hydrogen-bond acceptors (Lipinski definition) is 3. The summed E-state index contributed by atoms with van der Waals surface area (Å²) in [4.78, 5) is 12.6. The van der Waals surface area contributed by atoms with Gasteiger partial charge in [0.15, 0.2) is 0 Å². The maximum atomic E-state index is 12.6. The average Bonchev–Trinajstić information content (AvgIpc) is 2.84. The summed E-state index contributed by atoms with van der Waals surface area (Å²) in [5.41, 5.74) is 1.99. The van der Waals surface area contributed by atoms with E-state index < -0.39 is 0 Å². The quantitative estimate of drug-likeness (QED) is 0.685. The number of methoxy groups -OCH3 is 1. The van der Waals surface area contributed by atoms with Crippen molar-refractivity contribution in [1.82, 2.24) is 9.78 Å². The van der Waals surface area contributed by atoms with E-state index in [-0.39, 0.29) is 5.78 Å². The number of fused-ring (bicyclic) bond motifs is 1. The van der Waals surface area contributed by atoms with Crippen LogP contribution in [0.15, 0.2) is 48.5 Å². The molecule has 2 aromatic carbocycles. The summed E-state index contributed by atoms with van der Waals surface area (Å²) in [7, 11) is 3.42. The van der Waals surface area contributed by atoms with E-state index in [0.717, 1.165) is 10.9 Å². The molecular formula is C16H14N2O2. The Morgan fingerprint density at radius 1 is 1.15 bits per heavy atom. The lowest BCUT2D eigenvalue weighted by atomic mass is 10.1. The van der Waals surface area contributed by atoms with E-state index >= 15 is 0 Å². The third kappa shape index (κ3) is 1.95. The molecule has 0 fully saturated rings. The van der Waals surface area contributed by atoms with Crippen molar-refractivity contribution in [3.63, 3.8) is 0 Å². The number of hydrogen-bond donors (Lipinski definition) is 0. The largest absolute Gasteiger partial charge is 0.497 e. The molecule has 0 spiro atoms. The summed E-state index contributed by atoms with van der Waals surface area (Å²) in [6.07, 6.45) is 0. The molecule has 0 saturated heterocycles. The highest BCUT2D eigenvalue weighted by Gasteiger charge is 2.17. The Morgan fingerprint density at radius 2 is 1.95 bits per heavy atom. The van der Waals surface area contributed by atoms with Crippen LogP contribution in [-0.2, 0) is 7.05 Å². The Morgan fingerprint density at radius 3 is 2.75 bits per heavy atom. The zero-order valence-electron chi connectivity index (χ0n) is 11.3. The topological polar surface area (TPSA) is 44.1 Å². The average molecular weight is 266 g/mol. The minimum atomic E-state index is -0.0966. The second kappa shape index (κ2) is 4.81. The van der Waals surface area contributed by atoms with E-state index in [4.69, 9.17) is 4.74 Å². The van der Waals surface area contributed by atoms with Crippen LogP contribution < -0.4 is 4.74 Å². The van der Waals surface area contributed by atoms with Crippen LogP contribution in [-0.4, -0.2) is 22.7 Å². The minimum Gasteiger partial charge on any atom is -0.497 e. The van der Waals surface area contributed by atoms with Crippen molar-refractivity contribution in [2.24, 2.45) is 7.05 Å². The van der Waals surface area contributed by atoms with E-state index in [9.17, 15) is 4.79 Å². The molecule has 0 aliphatic carbocycles. The minimum absolute atomic E-state index is 0.0966. The Bertz CT molecular complexity index is 790. The molecule has 1 aromatic heterocycles. The van der Waals surface area contributed by atoms with Crippen molar-refractivity contribution in [3.05, 3.63) is 59.8 Å². The van der Waals surface area contributed by atoms with Crippen molar-refractivity contribution in [3.8, 4) is 5.75 Å². The van der Waals surface area contributed by atoms with Crippen LogP contribution in [0.1, 0.15) is 16.1 Å². The first kappa shape index (κ1) is 12.4. The molecule has 4 nitrogen and oxygen atoms in total. The Kier molecular flexibility index (Phi) is 2.99. The van der Waals surface area contributed by atoms with E-state index in [1.807, 2.05) is 37.4 Å². The molecule has 0 atom stereocenters. The Hall–Kier alpha value is -2.62. The summed E-state index contributed by atoms with van der Waals surface area (Å²) in [6, 6.07) is 14.8. The fraction of sp³-hybridized carbons (Fsp3) is 0.125. The van der Waals surface area contributed by atoms with Crippen LogP contribution in [0.4, 0.5) is 0 Å². The predicted molar refractivity (Wildman–Crippen MR) is 77.1 cm³/mol. The summed E-state index contributed by atoms with van der Waals surface area (Å²) >= 11 is 0.